The molecule has 0 fully saturated rings. The van der Waals surface area contributed by atoms with Crippen molar-refractivity contribution in [1.82, 2.24) is 24.8 Å². The van der Waals surface area contributed by atoms with Crippen molar-refractivity contribution in [2.24, 2.45) is 0 Å². The Labute approximate surface area is 179 Å². The van der Waals surface area contributed by atoms with Gasteiger partial charge in [-0.05, 0) is 48.0 Å². The summed E-state index contributed by atoms with van der Waals surface area (Å²) in [6.45, 7) is 0.428. The van der Waals surface area contributed by atoms with Crippen LogP contribution in [0.15, 0.2) is 97.7 Å². The fraction of sp³-hybridized carbons (Fsp3) is 0.0400. The van der Waals surface area contributed by atoms with E-state index in [1.807, 2.05) is 77.6 Å². The molecule has 5 aromatic rings. The molecule has 0 aliphatic rings. The van der Waals surface area contributed by atoms with Crippen LogP contribution >= 0.6 is 0 Å². The Bertz CT molecular complexity index is 1340. The van der Waals surface area contributed by atoms with E-state index in [2.05, 4.69) is 20.3 Å². The molecule has 0 bridgehead atoms. The van der Waals surface area contributed by atoms with E-state index in [0.29, 0.717) is 12.1 Å². The second-order valence-corrected chi connectivity index (χ2v) is 7.13. The largest absolute Gasteiger partial charge is 0.348 e. The maximum Gasteiger partial charge on any atom is 0.253 e. The minimum absolute atomic E-state index is 0.171. The number of hydrogen-bond donors (Lipinski definition) is 1. The average molecular weight is 405 g/mol. The van der Waals surface area contributed by atoms with Gasteiger partial charge in [-0.15, -0.1) is 0 Å². The molecule has 0 spiro atoms. The van der Waals surface area contributed by atoms with E-state index in [9.17, 15) is 4.79 Å². The molecule has 0 saturated carbocycles. The lowest BCUT2D eigenvalue weighted by Crippen LogP contribution is -2.23. The molecule has 1 amide bonds. The number of carbonyl (C=O) groups excluding carboxylic acids is 1. The predicted octanol–water partition coefficient (Wildman–Crippen LogP) is 4.41. The third-order valence-corrected chi connectivity index (χ3v) is 5.08. The highest BCUT2D eigenvalue weighted by Crippen LogP contribution is 2.19. The van der Waals surface area contributed by atoms with E-state index < -0.39 is 0 Å². The summed E-state index contributed by atoms with van der Waals surface area (Å²) in [4.78, 5) is 25.6. The van der Waals surface area contributed by atoms with Crippen molar-refractivity contribution in [2.75, 3.05) is 0 Å². The number of rotatable bonds is 5. The monoisotopic (exact) mass is 405 g/mol. The zero-order valence-electron chi connectivity index (χ0n) is 16.6. The van der Waals surface area contributed by atoms with Crippen LogP contribution in [-0.4, -0.2) is 25.4 Å². The van der Waals surface area contributed by atoms with Crippen molar-refractivity contribution in [3.05, 3.63) is 109 Å². The molecule has 3 heterocycles. The summed E-state index contributed by atoms with van der Waals surface area (Å²) >= 11 is 0. The van der Waals surface area contributed by atoms with Gasteiger partial charge in [-0.25, -0.2) is 4.98 Å². The number of para-hydroxylation sites is 2. The molecule has 5 rings (SSSR count). The molecular weight excluding hydrogens is 386 g/mol. The van der Waals surface area contributed by atoms with Crippen LogP contribution in [0.5, 0.6) is 0 Å². The first-order valence-corrected chi connectivity index (χ1v) is 9.94. The van der Waals surface area contributed by atoms with Gasteiger partial charge >= 0.3 is 0 Å². The second-order valence-electron chi connectivity index (χ2n) is 7.13. The van der Waals surface area contributed by atoms with Gasteiger partial charge in [-0.1, -0.05) is 30.3 Å². The van der Waals surface area contributed by atoms with Gasteiger partial charge in [0.2, 0.25) is 0 Å². The number of amides is 1. The van der Waals surface area contributed by atoms with Crippen molar-refractivity contribution in [3.8, 4) is 16.9 Å². The first-order valence-electron chi connectivity index (χ1n) is 9.94. The molecule has 0 aliphatic heterocycles. The Balaban J connectivity index is 1.28. The van der Waals surface area contributed by atoms with Gasteiger partial charge in [-0.3, -0.25) is 19.3 Å². The highest BCUT2D eigenvalue weighted by molar-refractivity contribution is 5.94. The quantitative estimate of drug-likeness (QED) is 0.470. The molecule has 0 saturated heterocycles. The summed E-state index contributed by atoms with van der Waals surface area (Å²) in [5.74, 6) is -0.171. The number of pyridine rings is 2. The smallest absolute Gasteiger partial charge is 0.253 e. The van der Waals surface area contributed by atoms with E-state index >= 15 is 0 Å². The standard InChI is InChI=1S/C25H19N5O/c31-25(20-13-19(15-26-16-20)22-5-3-4-12-27-22)28-14-18-8-10-21(11-9-18)30-17-29-23-6-1-2-7-24(23)30/h1-13,15-17H,14H2,(H,28,31). The third-order valence-electron chi connectivity index (χ3n) is 5.08. The van der Waals surface area contributed by atoms with Crippen molar-refractivity contribution in [3.63, 3.8) is 0 Å². The molecule has 3 aromatic heterocycles. The zero-order valence-corrected chi connectivity index (χ0v) is 16.6. The number of carbonyl (C=O) groups is 1. The highest BCUT2D eigenvalue weighted by atomic mass is 16.1. The minimum atomic E-state index is -0.171. The van der Waals surface area contributed by atoms with Gasteiger partial charge in [-0.2, -0.15) is 0 Å². The molecule has 6 nitrogen and oxygen atoms in total. The highest BCUT2D eigenvalue weighted by Gasteiger charge is 2.09. The molecule has 6 heteroatoms. The molecule has 1 N–H and O–H groups in total. The molecular formula is C25H19N5O. The van der Waals surface area contributed by atoms with Crippen LogP contribution in [0.1, 0.15) is 15.9 Å². The number of imidazole rings is 1. The van der Waals surface area contributed by atoms with Crippen LogP contribution in [0, 0.1) is 0 Å². The van der Waals surface area contributed by atoms with Gasteiger partial charge in [0.1, 0.15) is 6.33 Å². The maximum atomic E-state index is 12.6. The van der Waals surface area contributed by atoms with Crippen LogP contribution in [0.4, 0.5) is 0 Å². The first-order chi connectivity index (χ1) is 15.3. The summed E-state index contributed by atoms with van der Waals surface area (Å²) in [6, 6.07) is 23.5. The SMILES string of the molecule is O=C(NCc1ccc(-n2cnc3ccccc32)cc1)c1cncc(-c2ccccn2)c1. The van der Waals surface area contributed by atoms with Crippen LogP contribution in [-0.2, 0) is 6.54 Å². The van der Waals surface area contributed by atoms with E-state index in [0.717, 1.165) is 33.5 Å². The van der Waals surface area contributed by atoms with Crippen molar-refractivity contribution in [2.45, 2.75) is 6.54 Å². The van der Waals surface area contributed by atoms with Crippen molar-refractivity contribution in [1.29, 1.82) is 0 Å². The lowest BCUT2D eigenvalue weighted by atomic mass is 10.1. The van der Waals surface area contributed by atoms with Crippen LogP contribution < -0.4 is 5.32 Å². The maximum absolute atomic E-state index is 12.6. The Hall–Kier alpha value is -4.32. The lowest BCUT2D eigenvalue weighted by Gasteiger charge is -2.08. The van der Waals surface area contributed by atoms with E-state index in [1.54, 1.807) is 24.7 Å². The zero-order chi connectivity index (χ0) is 21.0. The molecule has 150 valence electrons. The number of hydrogen-bond acceptors (Lipinski definition) is 4. The van der Waals surface area contributed by atoms with Gasteiger partial charge in [0.05, 0.1) is 22.3 Å². The van der Waals surface area contributed by atoms with Gasteiger partial charge < -0.3 is 5.32 Å². The third kappa shape index (κ3) is 3.91. The molecule has 0 aliphatic carbocycles. The van der Waals surface area contributed by atoms with E-state index in [4.69, 9.17) is 0 Å². The topological polar surface area (TPSA) is 72.7 Å². The summed E-state index contributed by atoms with van der Waals surface area (Å²) in [5.41, 5.74) is 6.15. The van der Waals surface area contributed by atoms with Gasteiger partial charge in [0.15, 0.2) is 0 Å². The number of nitrogens with zero attached hydrogens (tertiary/aromatic N) is 4. The number of aromatic nitrogens is 4. The fourth-order valence-electron chi connectivity index (χ4n) is 3.46. The fourth-order valence-corrected chi connectivity index (χ4v) is 3.46. The van der Waals surface area contributed by atoms with Gasteiger partial charge in [0.25, 0.3) is 5.91 Å². The summed E-state index contributed by atoms with van der Waals surface area (Å²) in [6.07, 6.45) is 6.81. The number of nitrogens with one attached hydrogen (secondary N) is 1. The Morgan fingerprint density at radius 1 is 0.903 bits per heavy atom. The minimum Gasteiger partial charge on any atom is -0.348 e. The number of fused-ring (bicyclic) bond motifs is 1. The Kier molecular flexibility index (Phi) is 4.94. The molecule has 0 unspecified atom stereocenters. The first kappa shape index (κ1) is 18.7. The summed E-state index contributed by atoms with van der Waals surface area (Å²) in [5, 5.41) is 2.96. The Morgan fingerprint density at radius 2 is 1.74 bits per heavy atom. The number of benzene rings is 2. The van der Waals surface area contributed by atoms with Gasteiger partial charge in [0, 0.05) is 36.4 Å². The summed E-state index contributed by atoms with van der Waals surface area (Å²) < 4.78 is 2.05. The molecule has 31 heavy (non-hydrogen) atoms. The summed E-state index contributed by atoms with van der Waals surface area (Å²) in [7, 11) is 0. The van der Waals surface area contributed by atoms with E-state index in [-0.39, 0.29) is 5.91 Å². The molecule has 2 aromatic carbocycles. The molecule has 0 atom stereocenters. The van der Waals surface area contributed by atoms with Crippen LogP contribution in [0.25, 0.3) is 28.0 Å². The van der Waals surface area contributed by atoms with Crippen molar-refractivity contribution >= 4 is 16.9 Å². The predicted molar refractivity (Wildman–Crippen MR) is 120 cm³/mol. The Morgan fingerprint density at radius 3 is 2.58 bits per heavy atom. The van der Waals surface area contributed by atoms with Crippen LogP contribution in [0.2, 0.25) is 0 Å². The molecule has 0 radical (unpaired) electrons. The lowest BCUT2D eigenvalue weighted by molar-refractivity contribution is 0.0950. The van der Waals surface area contributed by atoms with Crippen molar-refractivity contribution < 1.29 is 4.79 Å². The van der Waals surface area contributed by atoms with E-state index in [1.165, 1.54) is 0 Å². The average Bonchev–Trinajstić information content (AvgIpc) is 3.28. The normalized spacial score (nSPS) is 10.8. The van der Waals surface area contributed by atoms with Crippen LogP contribution in [0.3, 0.4) is 0 Å². The second kappa shape index (κ2) is 8.20.